The number of rotatable bonds is 0. The molecular weight excluding hydrogens is 86.1 g/mol. The lowest BCUT2D eigenvalue weighted by Gasteiger charge is -1.99. The molecule has 2 unspecified atom stereocenters. The van der Waals surface area contributed by atoms with E-state index >= 15 is 0 Å². The standard InChI is InChI=1S/C6H10N/c1-5-3-4-6(2)7-5/h3-6H,1-2H3. The van der Waals surface area contributed by atoms with E-state index in [1.807, 2.05) is 0 Å². The highest BCUT2D eigenvalue weighted by Gasteiger charge is 2.08. The van der Waals surface area contributed by atoms with Gasteiger partial charge in [-0.3, -0.25) is 0 Å². The second-order valence-corrected chi connectivity index (χ2v) is 2.02. The fourth-order valence-corrected chi connectivity index (χ4v) is 0.792. The van der Waals surface area contributed by atoms with Crippen molar-refractivity contribution in [1.82, 2.24) is 5.32 Å². The van der Waals surface area contributed by atoms with Gasteiger partial charge in [-0.2, -0.15) is 0 Å². The fourth-order valence-electron chi connectivity index (χ4n) is 0.792. The molecule has 1 nitrogen and oxygen atoms in total. The molecule has 0 amide bonds. The van der Waals surface area contributed by atoms with Crippen LogP contribution in [0.25, 0.3) is 0 Å². The Morgan fingerprint density at radius 1 is 1.14 bits per heavy atom. The van der Waals surface area contributed by atoms with Crippen molar-refractivity contribution >= 4 is 0 Å². The van der Waals surface area contributed by atoms with Gasteiger partial charge in [0.2, 0.25) is 0 Å². The minimum Gasteiger partial charge on any atom is -0.227 e. The molecule has 0 N–H and O–H groups in total. The summed E-state index contributed by atoms with van der Waals surface area (Å²) in [6, 6.07) is 0.935. The highest BCUT2D eigenvalue weighted by Crippen LogP contribution is 2.01. The van der Waals surface area contributed by atoms with Gasteiger partial charge in [0.05, 0.1) is 0 Å². The Labute approximate surface area is 44.4 Å². The van der Waals surface area contributed by atoms with Gasteiger partial charge in [0.1, 0.15) is 0 Å². The van der Waals surface area contributed by atoms with E-state index < -0.39 is 0 Å². The van der Waals surface area contributed by atoms with Crippen molar-refractivity contribution in [3.05, 3.63) is 12.2 Å². The molecule has 1 heterocycles. The van der Waals surface area contributed by atoms with E-state index in [1.165, 1.54) is 0 Å². The van der Waals surface area contributed by atoms with Crippen LogP contribution in [-0.4, -0.2) is 12.1 Å². The first-order chi connectivity index (χ1) is 3.29. The number of hydrogen-bond acceptors (Lipinski definition) is 0. The quantitative estimate of drug-likeness (QED) is 0.398. The van der Waals surface area contributed by atoms with E-state index in [0.29, 0.717) is 12.1 Å². The molecule has 0 spiro atoms. The maximum Gasteiger partial charge on any atom is 0.0405 e. The monoisotopic (exact) mass is 96.1 g/mol. The third-order valence-electron chi connectivity index (χ3n) is 1.14. The third-order valence-corrected chi connectivity index (χ3v) is 1.14. The summed E-state index contributed by atoms with van der Waals surface area (Å²) in [6.45, 7) is 4.19. The summed E-state index contributed by atoms with van der Waals surface area (Å²) >= 11 is 0. The maximum absolute atomic E-state index is 4.28. The molecule has 39 valence electrons. The van der Waals surface area contributed by atoms with E-state index in [9.17, 15) is 0 Å². The van der Waals surface area contributed by atoms with Crippen LogP contribution in [0.2, 0.25) is 0 Å². The third kappa shape index (κ3) is 1.03. The minimum absolute atomic E-state index is 0.468. The summed E-state index contributed by atoms with van der Waals surface area (Å²) in [5.41, 5.74) is 0. The van der Waals surface area contributed by atoms with Gasteiger partial charge in [-0.1, -0.05) is 12.2 Å². The molecule has 1 aliphatic heterocycles. The molecule has 1 aliphatic rings. The molecule has 0 aromatic rings. The second-order valence-electron chi connectivity index (χ2n) is 2.02. The predicted molar refractivity (Wildman–Crippen MR) is 30.2 cm³/mol. The molecule has 0 aliphatic carbocycles. The lowest BCUT2D eigenvalue weighted by atomic mass is 10.4. The first kappa shape index (κ1) is 4.85. The van der Waals surface area contributed by atoms with Crippen LogP contribution in [0.5, 0.6) is 0 Å². The molecule has 0 aromatic carbocycles. The summed E-state index contributed by atoms with van der Waals surface area (Å²) in [5, 5.41) is 4.28. The van der Waals surface area contributed by atoms with Crippen molar-refractivity contribution in [3.8, 4) is 0 Å². The number of hydrogen-bond donors (Lipinski definition) is 0. The lowest BCUT2D eigenvalue weighted by molar-refractivity contribution is 0.613. The molecule has 2 atom stereocenters. The van der Waals surface area contributed by atoms with E-state index in [1.54, 1.807) is 0 Å². The van der Waals surface area contributed by atoms with Crippen LogP contribution < -0.4 is 5.32 Å². The van der Waals surface area contributed by atoms with E-state index in [-0.39, 0.29) is 0 Å². The molecule has 0 saturated carbocycles. The van der Waals surface area contributed by atoms with Gasteiger partial charge < -0.3 is 0 Å². The zero-order valence-corrected chi connectivity index (χ0v) is 4.76. The first-order valence-corrected chi connectivity index (χ1v) is 2.67. The normalized spacial score (nSPS) is 39.7. The molecule has 0 aromatic heterocycles. The van der Waals surface area contributed by atoms with E-state index in [0.717, 1.165) is 0 Å². The van der Waals surface area contributed by atoms with Crippen LogP contribution in [-0.2, 0) is 0 Å². The van der Waals surface area contributed by atoms with Crippen LogP contribution in [0.15, 0.2) is 12.2 Å². The molecule has 7 heavy (non-hydrogen) atoms. The highest BCUT2D eigenvalue weighted by atomic mass is 14.9. The molecular formula is C6H10N. The molecule has 0 fully saturated rings. The van der Waals surface area contributed by atoms with Gasteiger partial charge in [-0.25, -0.2) is 5.32 Å². The van der Waals surface area contributed by atoms with Crippen molar-refractivity contribution in [2.75, 3.05) is 0 Å². The van der Waals surface area contributed by atoms with Crippen molar-refractivity contribution in [2.45, 2.75) is 25.9 Å². The van der Waals surface area contributed by atoms with Gasteiger partial charge in [-0.05, 0) is 13.8 Å². The van der Waals surface area contributed by atoms with E-state index in [4.69, 9.17) is 0 Å². The van der Waals surface area contributed by atoms with Crippen LogP contribution in [0.3, 0.4) is 0 Å². The summed E-state index contributed by atoms with van der Waals surface area (Å²) in [7, 11) is 0. The second kappa shape index (κ2) is 1.66. The van der Waals surface area contributed by atoms with Gasteiger partial charge in [-0.15, -0.1) is 0 Å². The predicted octanol–water partition coefficient (Wildman–Crippen LogP) is 0.938. The highest BCUT2D eigenvalue weighted by molar-refractivity contribution is 5.04. The Morgan fingerprint density at radius 3 is 1.71 bits per heavy atom. The summed E-state index contributed by atoms with van der Waals surface area (Å²) < 4.78 is 0. The smallest absolute Gasteiger partial charge is 0.0405 e. The van der Waals surface area contributed by atoms with Gasteiger partial charge in [0.15, 0.2) is 0 Å². The Morgan fingerprint density at radius 2 is 1.57 bits per heavy atom. The molecule has 1 heteroatoms. The van der Waals surface area contributed by atoms with Crippen molar-refractivity contribution in [2.24, 2.45) is 0 Å². The van der Waals surface area contributed by atoms with Crippen LogP contribution in [0.4, 0.5) is 0 Å². The zero-order chi connectivity index (χ0) is 5.28. The van der Waals surface area contributed by atoms with Crippen molar-refractivity contribution < 1.29 is 0 Å². The molecule has 0 bridgehead atoms. The molecule has 0 saturated heterocycles. The Kier molecular flexibility index (Phi) is 1.15. The lowest BCUT2D eigenvalue weighted by Crippen LogP contribution is -2.16. The minimum atomic E-state index is 0.468. The Hall–Kier alpha value is -0.300. The van der Waals surface area contributed by atoms with Gasteiger partial charge >= 0.3 is 0 Å². The fraction of sp³-hybridized carbons (Fsp3) is 0.667. The zero-order valence-electron chi connectivity index (χ0n) is 4.76. The van der Waals surface area contributed by atoms with Crippen LogP contribution in [0, 0.1) is 0 Å². The SMILES string of the molecule is CC1C=CC(C)[N]1. The maximum atomic E-state index is 4.28. The van der Waals surface area contributed by atoms with Gasteiger partial charge in [0.25, 0.3) is 0 Å². The summed E-state index contributed by atoms with van der Waals surface area (Å²) in [4.78, 5) is 0. The van der Waals surface area contributed by atoms with Crippen LogP contribution in [0.1, 0.15) is 13.8 Å². The summed E-state index contributed by atoms with van der Waals surface area (Å²) in [5.74, 6) is 0. The average molecular weight is 96.2 g/mol. The number of nitrogens with zero attached hydrogens (tertiary/aromatic N) is 1. The Bertz CT molecular complexity index is 76.2. The van der Waals surface area contributed by atoms with Crippen molar-refractivity contribution in [1.29, 1.82) is 0 Å². The topological polar surface area (TPSA) is 14.1 Å². The van der Waals surface area contributed by atoms with Crippen LogP contribution >= 0.6 is 0 Å². The largest absolute Gasteiger partial charge is 0.227 e. The first-order valence-electron chi connectivity index (χ1n) is 2.67. The Balaban J connectivity index is 2.42. The molecule has 1 radical (unpaired) electrons. The summed E-state index contributed by atoms with van der Waals surface area (Å²) in [6.07, 6.45) is 4.26. The average Bonchev–Trinajstić information content (AvgIpc) is 1.87. The molecule has 1 rings (SSSR count). The van der Waals surface area contributed by atoms with Gasteiger partial charge in [0, 0.05) is 12.1 Å². The van der Waals surface area contributed by atoms with Crippen molar-refractivity contribution in [3.63, 3.8) is 0 Å². The van der Waals surface area contributed by atoms with E-state index in [2.05, 4.69) is 31.3 Å².